The van der Waals surface area contributed by atoms with Crippen LogP contribution in [0.25, 0.3) is 0 Å². The molecular formula is C21H13Cl2FN2O3. The SMILES string of the molecule is COc1cc(Oc2cc(Cl)c(Cl)cc2C(=O)Nc2cccc(C#N)c2)ccc1F. The number of nitriles is 1. The van der Waals surface area contributed by atoms with Gasteiger partial charge >= 0.3 is 0 Å². The monoisotopic (exact) mass is 430 g/mol. The van der Waals surface area contributed by atoms with Gasteiger partial charge in [0.2, 0.25) is 0 Å². The number of rotatable bonds is 5. The second-order valence-electron chi connectivity index (χ2n) is 5.81. The zero-order valence-electron chi connectivity index (χ0n) is 15.0. The number of carbonyl (C=O) groups excluding carboxylic acids is 1. The van der Waals surface area contributed by atoms with E-state index >= 15 is 0 Å². The minimum atomic E-state index is -0.552. The van der Waals surface area contributed by atoms with Crippen LogP contribution in [0.1, 0.15) is 15.9 Å². The maximum absolute atomic E-state index is 13.6. The van der Waals surface area contributed by atoms with Gasteiger partial charge in [0.1, 0.15) is 11.5 Å². The lowest BCUT2D eigenvalue weighted by atomic mass is 10.1. The predicted molar refractivity (Wildman–Crippen MR) is 109 cm³/mol. The molecule has 146 valence electrons. The fourth-order valence-electron chi connectivity index (χ4n) is 2.49. The van der Waals surface area contributed by atoms with Gasteiger partial charge in [0.05, 0.1) is 34.4 Å². The van der Waals surface area contributed by atoms with Crippen molar-refractivity contribution in [1.82, 2.24) is 0 Å². The molecule has 3 aromatic carbocycles. The minimum absolute atomic E-state index is 0.0121. The van der Waals surface area contributed by atoms with Crippen LogP contribution in [-0.4, -0.2) is 13.0 Å². The average Bonchev–Trinajstić information content (AvgIpc) is 2.72. The maximum Gasteiger partial charge on any atom is 0.259 e. The third kappa shape index (κ3) is 4.77. The lowest BCUT2D eigenvalue weighted by Gasteiger charge is -2.14. The minimum Gasteiger partial charge on any atom is -0.494 e. The van der Waals surface area contributed by atoms with Gasteiger partial charge in [-0.3, -0.25) is 4.79 Å². The number of halogens is 3. The van der Waals surface area contributed by atoms with Crippen molar-refractivity contribution in [3.05, 3.63) is 81.6 Å². The van der Waals surface area contributed by atoms with Crippen LogP contribution in [0.3, 0.4) is 0 Å². The Kier molecular flexibility index (Phi) is 6.23. The summed E-state index contributed by atoms with van der Waals surface area (Å²) < 4.78 is 24.3. The first-order valence-electron chi connectivity index (χ1n) is 8.23. The first-order chi connectivity index (χ1) is 13.9. The van der Waals surface area contributed by atoms with Gasteiger partial charge in [0.15, 0.2) is 11.6 Å². The Morgan fingerprint density at radius 1 is 1.07 bits per heavy atom. The smallest absolute Gasteiger partial charge is 0.259 e. The molecule has 0 unspecified atom stereocenters. The summed E-state index contributed by atoms with van der Waals surface area (Å²) in [7, 11) is 1.33. The van der Waals surface area contributed by atoms with Gasteiger partial charge in [0.25, 0.3) is 5.91 Å². The van der Waals surface area contributed by atoms with Crippen LogP contribution in [0, 0.1) is 17.1 Å². The molecule has 1 amide bonds. The molecule has 3 aromatic rings. The van der Waals surface area contributed by atoms with E-state index in [0.29, 0.717) is 11.3 Å². The first kappa shape index (κ1) is 20.5. The number of hydrogen-bond donors (Lipinski definition) is 1. The molecule has 0 saturated carbocycles. The number of benzene rings is 3. The molecule has 0 radical (unpaired) electrons. The fraction of sp³-hybridized carbons (Fsp3) is 0.0476. The summed E-state index contributed by atoms with van der Waals surface area (Å²) in [4.78, 5) is 12.8. The van der Waals surface area contributed by atoms with Gasteiger partial charge in [-0.05, 0) is 36.4 Å². The third-order valence-electron chi connectivity index (χ3n) is 3.87. The second-order valence-corrected chi connectivity index (χ2v) is 6.62. The summed E-state index contributed by atoms with van der Waals surface area (Å²) in [5.74, 6) is -0.738. The van der Waals surface area contributed by atoms with Gasteiger partial charge in [0, 0.05) is 17.8 Å². The number of carbonyl (C=O) groups is 1. The van der Waals surface area contributed by atoms with Crippen molar-refractivity contribution in [3.8, 4) is 23.3 Å². The maximum atomic E-state index is 13.6. The molecule has 0 aromatic heterocycles. The topological polar surface area (TPSA) is 71.3 Å². The van der Waals surface area contributed by atoms with Crippen LogP contribution < -0.4 is 14.8 Å². The molecule has 0 saturated heterocycles. The molecule has 0 aliphatic heterocycles. The zero-order valence-corrected chi connectivity index (χ0v) is 16.5. The van der Waals surface area contributed by atoms with E-state index in [1.54, 1.807) is 18.2 Å². The lowest BCUT2D eigenvalue weighted by Crippen LogP contribution is -2.13. The molecule has 0 fully saturated rings. The highest BCUT2D eigenvalue weighted by molar-refractivity contribution is 6.42. The first-order valence-corrected chi connectivity index (χ1v) is 8.99. The molecule has 0 aliphatic rings. The number of ether oxygens (including phenoxy) is 2. The molecule has 0 aliphatic carbocycles. The molecule has 0 atom stereocenters. The number of nitrogens with one attached hydrogen (secondary N) is 1. The molecule has 0 spiro atoms. The van der Waals surface area contributed by atoms with Gasteiger partial charge < -0.3 is 14.8 Å². The Morgan fingerprint density at radius 2 is 1.83 bits per heavy atom. The number of nitrogens with zero attached hydrogens (tertiary/aromatic N) is 1. The number of anilines is 1. The van der Waals surface area contributed by atoms with E-state index in [1.165, 1.54) is 43.5 Å². The van der Waals surface area contributed by atoms with Gasteiger partial charge in [-0.2, -0.15) is 5.26 Å². The Morgan fingerprint density at radius 3 is 2.55 bits per heavy atom. The summed E-state index contributed by atoms with van der Waals surface area (Å²) in [6.07, 6.45) is 0. The number of methoxy groups -OCH3 is 1. The van der Waals surface area contributed by atoms with Gasteiger partial charge in [-0.25, -0.2) is 4.39 Å². The Balaban J connectivity index is 1.95. The highest BCUT2D eigenvalue weighted by Gasteiger charge is 2.18. The van der Waals surface area contributed by atoms with Crippen LogP contribution in [0.4, 0.5) is 10.1 Å². The Labute approximate surface area is 176 Å². The van der Waals surface area contributed by atoms with Crippen LogP contribution in [-0.2, 0) is 0 Å². The quantitative estimate of drug-likeness (QED) is 0.533. The second kappa shape index (κ2) is 8.82. The molecular weight excluding hydrogens is 418 g/mol. The standard InChI is InChI=1S/C21H13Cl2FN2O3/c1-28-20-8-14(5-6-18(20)24)29-19-10-17(23)16(22)9-15(19)21(27)26-13-4-2-3-12(7-13)11-25/h2-10H,1H3,(H,26,27). The van der Waals surface area contributed by atoms with Crippen molar-refractivity contribution in [2.24, 2.45) is 0 Å². The average molecular weight is 431 g/mol. The molecule has 1 N–H and O–H groups in total. The summed E-state index contributed by atoms with van der Waals surface area (Å²) >= 11 is 12.1. The Hall–Kier alpha value is -3.27. The third-order valence-corrected chi connectivity index (χ3v) is 4.59. The molecule has 29 heavy (non-hydrogen) atoms. The van der Waals surface area contributed by atoms with E-state index in [9.17, 15) is 9.18 Å². The highest BCUT2D eigenvalue weighted by Crippen LogP contribution is 2.35. The number of hydrogen-bond acceptors (Lipinski definition) is 4. The van der Waals surface area contributed by atoms with Crippen molar-refractivity contribution >= 4 is 34.8 Å². The highest BCUT2D eigenvalue weighted by atomic mass is 35.5. The van der Waals surface area contributed by atoms with E-state index in [-0.39, 0.29) is 32.9 Å². The fourth-order valence-corrected chi connectivity index (χ4v) is 2.80. The Bertz CT molecular complexity index is 1130. The van der Waals surface area contributed by atoms with Gasteiger partial charge in [-0.1, -0.05) is 29.3 Å². The summed E-state index contributed by atoms with van der Waals surface area (Å²) in [5.41, 5.74) is 0.923. The van der Waals surface area contributed by atoms with Gasteiger partial charge in [-0.15, -0.1) is 0 Å². The van der Waals surface area contributed by atoms with Crippen LogP contribution in [0.15, 0.2) is 54.6 Å². The molecule has 8 heteroatoms. The van der Waals surface area contributed by atoms with E-state index in [4.69, 9.17) is 37.9 Å². The molecule has 0 bridgehead atoms. The molecule has 0 heterocycles. The lowest BCUT2D eigenvalue weighted by molar-refractivity contribution is 0.102. The molecule has 3 rings (SSSR count). The van der Waals surface area contributed by atoms with Crippen molar-refractivity contribution in [1.29, 1.82) is 5.26 Å². The zero-order chi connectivity index (χ0) is 21.0. The van der Waals surface area contributed by atoms with Crippen molar-refractivity contribution in [2.75, 3.05) is 12.4 Å². The van der Waals surface area contributed by atoms with E-state index in [1.807, 2.05) is 6.07 Å². The van der Waals surface area contributed by atoms with E-state index in [2.05, 4.69) is 5.32 Å². The van der Waals surface area contributed by atoms with Crippen LogP contribution >= 0.6 is 23.2 Å². The largest absolute Gasteiger partial charge is 0.494 e. The summed E-state index contributed by atoms with van der Waals surface area (Å²) in [6, 6.07) is 15.1. The van der Waals surface area contributed by atoms with Crippen molar-refractivity contribution in [3.63, 3.8) is 0 Å². The van der Waals surface area contributed by atoms with Crippen LogP contribution in [0.5, 0.6) is 17.2 Å². The predicted octanol–water partition coefficient (Wildman–Crippen LogP) is 6.06. The summed E-state index contributed by atoms with van der Waals surface area (Å²) in [6.45, 7) is 0. The van der Waals surface area contributed by atoms with E-state index < -0.39 is 11.7 Å². The van der Waals surface area contributed by atoms with Crippen LogP contribution in [0.2, 0.25) is 10.0 Å². The van der Waals surface area contributed by atoms with E-state index in [0.717, 1.165) is 0 Å². The van der Waals surface area contributed by atoms with Crippen molar-refractivity contribution in [2.45, 2.75) is 0 Å². The number of amides is 1. The molecule has 5 nitrogen and oxygen atoms in total. The van der Waals surface area contributed by atoms with Crippen molar-refractivity contribution < 1.29 is 18.7 Å². The summed E-state index contributed by atoms with van der Waals surface area (Å²) in [5, 5.41) is 12.0. The normalized spacial score (nSPS) is 10.2.